The molecule has 0 saturated heterocycles. The van der Waals surface area contributed by atoms with E-state index in [9.17, 15) is 14.7 Å². The second kappa shape index (κ2) is 8.49. The van der Waals surface area contributed by atoms with Crippen LogP contribution < -0.4 is 4.74 Å². The van der Waals surface area contributed by atoms with E-state index < -0.39 is 11.4 Å². The lowest BCUT2D eigenvalue weighted by Crippen LogP contribution is -2.35. The first-order valence-corrected chi connectivity index (χ1v) is 12.0. The van der Waals surface area contributed by atoms with Crippen molar-refractivity contribution in [2.75, 3.05) is 14.2 Å². The molecule has 0 spiro atoms. The minimum atomic E-state index is -0.953. The van der Waals surface area contributed by atoms with Gasteiger partial charge in [-0.3, -0.25) is 4.79 Å². The van der Waals surface area contributed by atoms with Crippen molar-refractivity contribution in [2.45, 2.75) is 57.9 Å². The average Bonchev–Trinajstić information content (AvgIpc) is 3.09. The molecule has 178 valence electrons. The van der Waals surface area contributed by atoms with Crippen molar-refractivity contribution in [2.24, 2.45) is 5.41 Å². The third-order valence-electron chi connectivity index (χ3n) is 7.70. The third kappa shape index (κ3) is 3.56. The molecule has 34 heavy (non-hydrogen) atoms. The number of fused-ring (bicyclic) bond motifs is 5. The minimum Gasteiger partial charge on any atom is -0.497 e. The van der Waals surface area contributed by atoms with E-state index >= 15 is 0 Å². The van der Waals surface area contributed by atoms with Gasteiger partial charge in [-0.25, -0.2) is 4.79 Å². The summed E-state index contributed by atoms with van der Waals surface area (Å²) in [5.74, 6) is -0.0701. The van der Waals surface area contributed by atoms with Gasteiger partial charge >= 0.3 is 11.9 Å². The van der Waals surface area contributed by atoms with E-state index in [1.807, 2.05) is 25.1 Å². The first-order chi connectivity index (χ1) is 16.4. The number of carboxylic acids is 1. The molecule has 0 amide bonds. The lowest BCUT2D eigenvalue weighted by molar-refractivity contribution is -0.152. The highest BCUT2D eigenvalue weighted by Gasteiger charge is 2.41. The number of carbonyl (C=O) groups is 2. The van der Waals surface area contributed by atoms with Gasteiger partial charge in [0.25, 0.3) is 0 Å². The normalized spacial score (nSPS) is 20.3. The number of rotatable bonds is 4. The summed E-state index contributed by atoms with van der Waals surface area (Å²) >= 11 is 0. The van der Waals surface area contributed by atoms with Crippen LogP contribution in [0.3, 0.4) is 0 Å². The van der Waals surface area contributed by atoms with Gasteiger partial charge in [-0.2, -0.15) is 0 Å². The minimum absolute atomic E-state index is 0.252. The summed E-state index contributed by atoms with van der Waals surface area (Å²) in [5, 5.41) is 10.8. The van der Waals surface area contributed by atoms with Crippen molar-refractivity contribution in [3.05, 3.63) is 53.1 Å². The maximum atomic E-state index is 13.1. The van der Waals surface area contributed by atoms with Crippen molar-refractivity contribution >= 4 is 22.8 Å². The number of aromatic nitrogens is 1. The molecule has 0 bridgehead atoms. The SMILES string of the molecule is COC(=O)C1(C)Cc2cc(OC)ccc2-c2c(C3CCCCC3)c3ccc(C(=O)O)cc3n2C1. The standard InChI is InChI=1S/C28H31NO5/c1-28(27(32)34-3)15-19-13-20(33-2)10-12-21(19)25-24(17-7-5-4-6-8-17)22-11-9-18(26(30)31)14-23(22)29(25)16-28/h9-14,17H,4-8,15-16H2,1-3H3,(H,30,31). The second-order valence-electron chi connectivity index (χ2n) is 9.97. The first-order valence-electron chi connectivity index (χ1n) is 12.0. The molecule has 1 aromatic heterocycles. The Hall–Kier alpha value is -3.28. The maximum Gasteiger partial charge on any atom is 0.335 e. The maximum absolute atomic E-state index is 13.1. The third-order valence-corrected chi connectivity index (χ3v) is 7.70. The Labute approximate surface area is 199 Å². The van der Waals surface area contributed by atoms with E-state index in [1.54, 1.807) is 19.2 Å². The summed E-state index contributed by atoms with van der Waals surface area (Å²) in [6.45, 7) is 2.35. The molecule has 6 nitrogen and oxygen atoms in total. The average molecular weight is 462 g/mol. The van der Waals surface area contributed by atoms with Crippen molar-refractivity contribution in [1.29, 1.82) is 0 Å². The second-order valence-corrected chi connectivity index (χ2v) is 9.97. The molecule has 1 aliphatic carbocycles. The molecule has 5 rings (SSSR count). The number of methoxy groups -OCH3 is 2. The number of aromatic carboxylic acids is 1. The predicted molar refractivity (Wildman–Crippen MR) is 131 cm³/mol. The predicted octanol–water partition coefficient (Wildman–Crippen LogP) is 5.80. The molecular formula is C28H31NO5. The van der Waals surface area contributed by atoms with Crippen LogP contribution in [0.15, 0.2) is 36.4 Å². The van der Waals surface area contributed by atoms with E-state index in [0.29, 0.717) is 18.9 Å². The molecule has 6 heteroatoms. The molecule has 0 radical (unpaired) electrons. The molecule has 1 atom stereocenters. The van der Waals surface area contributed by atoms with Crippen molar-refractivity contribution in [3.8, 4) is 17.0 Å². The Morgan fingerprint density at radius 3 is 2.50 bits per heavy atom. The fourth-order valence-electron chi connectivity index (χ4n) is 6.05. The zero-order valence-corrected chi connectivity index (χ0v) is 20.0. The summed E-state index contributed by atoms with van der Waals surface area (Å²) in [6, 6.07) is 11.5. The van der Waals surface area contributed by atoms with E-state index in [2.05, 4.69) is 10.6 Å². The van der Waals surface area contributed by atoms with Gasteiger partial charge in [0.05, 0.1) is 30.9 Å². The Bertz CT molecular complexity index is 1280. The summed E-state index contributed by atoms with van der Waals surface area (Å²) < 4.78 is 13.0. The summed E-state index contributed by atoms with van der Waals surface area (Å²) in [6.07, 6.45) is 6.39. The van der Waals surface area contributed by atoms with Crippen molar-refractivity contribution in [3.63, 3.8) is 0 Å². The van der Waals surface area contributed by atoms with Crippen LogP contribution in [0, 0.1) is 5.41 Å². The smallest absolute Gasteiger partial charge is 0.335 e. The molecule has 1 unspecified atom stereocenters. The van der Waals surface area contributed by atoms with Crippen LogP contribution in [-0.2, 0) is 22.5 Å². The highest BCUT2D eigenvalue weighted by Crippen LogP contribution is 2.49. The molecule has 1 N–H and O–H groups in total. The Morgan fingerprint density at radius 2 is 1.82 bits per heavy atom. The van der Waals surface area contributed by atoms with Gasteiger partial charge in [-0.05, 0) is 73.6 Å². The zero-order chi connectivity index (χ0) is 24.0. The number of carboxylic acid groups (broad SMARTS) is 1. The quantitative estimate of drug-likeness (QED) is 0.497. The van der Waals surface area contributed by atoms with Crippen LogP contribution in [0.1, 0.15) is 66.4 Å². The number of ether oxygens (including phenoxy) is 2. The van der Waals surface area contributed by atoms with E-state index in [4.69, 9.17) is 9.47 Å². The molecule has 2 aromatic carbocycles. The first kappa shape index (κ1) is 22.5. The fraction of sp³-hybridized carbons (Fsp3) is 0.429. The number of benzene rings is 2. The molecule has 1 saturated carbocycles. The largest absolute Gasteiger partial charge is 0.497 e. The molecule has 2 heterocycles. The van der Waals surface area contributed by atoms with Gasteiger partial charge in [0.1, 0.15) is 5.75 Å². The van der Waals surface area contributed by atoms with E-state index in [0.717, 1.165) is 46.3 Å². The van der Waals surface area contributed by atoms with Crippen LogP contribution in [0.4, 0.5) is 0 Å². The zero-order valence-electron chi connectivity index (χ0n) is 20.0. The Balaban J connectivity index is 1.87. The van der Waals surface area contributed by atoms with Gasteiger partial charge in [-0.15, -0.1) is 0 Å². The van der Waals surface area contributed by atoms with Gasteiger partial charge in [-0.1, -0.05) is 25.3 Å². The van der Waals surface area contributed by atoms with Gasteiger partial charge in [0, 0.05) is 23.0 Å². The van der Waals surface area contributed by atoms with Crippen LogP contribution in [0.5, 0.6) is 5.75 Å². The molecule has 1 fully saturated rings. The Morgan fingerprint density at radius 1 is 1.06 bits per heavy atom. The van der Waals surface area contributed by atoms with Crippen LogP contribution in [0.2, 0.25) is 0 Å². The van der Waals surface area contributed by atoms with Crippen LogP contribution in [0.25, 0.3) is 22.2 Å². The topological polar surface area (TPSA) is 77.8 Å². The number of hydrogen-bond acceptors (Lipinski definition) is 4. The highest BCUT2D eigenvalue weighted by atomic mass is 16.5. The molecule has 3 aromatic rings. The number of nitrogens with zero attached hydrogens (tertiary/aromatic N) is 1. The van der Waals surface area contributed by atoms with Gasteiger partial charge in [0.15, 0.2) is 0 Å². The molecular weight excluding hydrogens is 430 g/mol. The lowest BCUT2D eigenvalue weighted by atomic mass is 9.80. The number of hydrogen-bond donors (Lipinski definition) is 1. The van der Waals surface area contributed by atoms with Gasteiger partial charge in [0.2, 0.25) is 0 Å². The highest BCUT2D eigenvalue weighted by molar-refractivity contribution is 5.99. The van der Waals surface area contributed by atoms with Gasteiger partial charge < -0.3 is 19.1 Å². The van der Waals surface area contributed by atoms with E-state index in [-0.39, 0.29) is 11.5 Å². The summed E-state index contributed by atoms with van der Waals surface area (Å²) in [7, 11) is 3.07. The monoisotopic (exact) mass is 461 g/mol. The fourth-order valence-corrected chi connectivity index (χ4v) is 6.05. The Kier molecular flexibility index (Phi) is 5.62. The molecule has 2 aliphatic rings. The van der Waals surface area contributed by atoms with Crippen molar-refractivity contribution < 1.29 is 24.2 Å². The number of carbonyl (C=O) groups excluding carboxylic acids is 1. The van der Waals surface area contributed by atoms with Crippen LogP contribution in [-0.4, -0.2) is 35.8 Å². The molecule has 1 aliphatic heterocycles. The summed E-state index contributed by atoms with van der Waals surface area (Å²) in [4.78, 5) is 24.9. The summed E-state index contributed by atoms with van der Waals surface area (Å²) in [5.41, 5.74) is 4.83. The van der Waals surface area contributed by atoms with Crippen molar-refractivity contribution in [1.82, 2.24) is 4.57 Å². The van der Waals surface area contributed by atoms with Crippen LogP contribution >= 0.6 is 0 Å². The van der Waals surface area contributed by atoms with E-state index in [1.165, 1.54) is 31.9 Å². The number of esters is 1. The lowest BCUT2D eigenvalue weighted by Gasteiger charge is -2.26.